The first kappa shape index (κ1) is 25.9. The van der Waals surface area contributed by atoms with Crippen molar-refractivity contribution in [3.8, 4) is 0 Å². The first-order valence-corrected chi connectivity index (χ1v) is 11.1. The van der Waals surface area contributed by atoms with Gasteiger partial charge in [0.1, 0.15) is 11.5 Å². The first-order chi connectivity index (χ1) is 12.2. The molecule has 0 bridgehead atoms. The maximum atomic E-state index is 12.7. The van der Waals surface area contributed by atoms with Gasteiger partial charge in [-0.2, -0.15) is 22.0 Å². The van der Waals surface area contributed by atoms with E-state index in [-0.39, 0.29) is 18.8 Å². The van der Waals surface area contributed by atoms with Crippen molar-refractivity contribution in [3.05, 3.63) is 0 Å². The molecule has 0 N–H and O–H groups in total. The molecule has 1 atom stereocenters. The van der Waals surface area contributed by atoms with E-state index in [9.17, 15) is 31.6 Å². The third-order valence-corrected chi connectivity index (χ3v) is 5.78. The van der Waals surface area contributed by atoms with E-state index in [1.54, 1.807) is 0 Å². The Labute approximate surface area is 157 Å². The fraction of sp³-hybridized carbons (Fsp3) is 1.00. The van der Waals surface area contributed by atoms with E-state index in [1.807, 2.05) is 0 Å². The molecule has 1 unspecified atom stereocenters. The summed E-state index contributed by atoms with van der Waals surface area (Å²) < 4.78 is 73.0. The Morgan fingerprint density at radius 2 is 1.00 bits per heavy atom. The SMILES string of the molecule is [O]CCCCCCCCCCCCC[S+]([O-])CCCC(F)(F)C(F)(F)F. The Hall–Kier alpha value is -0.0800. The molecule has 0 saturated heterocycles. The van der Waals surface area contributed by atoms with Gasteiger partial charge in [-0.05, 0) is 25.7 Å². The monoisotopic (exact) mass is 407 g/mol. The number of unbranched alkanes of at least 4 members (excludes halogenated alkanes) is 10. The smallest absolute Gasteiger partial charge is 0.453 e. The van der Waals surface area contributed by atoms with Crippen LogP contribution in [0.3, 0.4) is 0 Å². The molecule has 1 radical (unpaired) electrons. The molecule has 0 rings (SSSR count). The lowest BCUT2D eigenvalue weighted by atomic mass is 10.1. The van der Waals surface area contributed by atoms with Gasteiger partial charge in [-0.1, -0.05) is 62.5 Å². The average molecular weight is 408 g/mol. The standard InChI is InChI=1S/C18H32F5O2S/c19-17(20,18(21,22)23)13-12-16-26(25)15-11-9-7-5-3-1-2-4-6-8-10-14-24/h1-16H2. The fourth-order valence-electron chi connectivity index (χ4n) is 2.66. The highest BCUT2D eigenvalue weighted by molar-refractivity contribution is 7.91. The average Bonchev–Trinajstić information content (AvgIpc) is 2.54. The molecule has 0 aliphatic heterocycles. The van der Waals surface area contributed by atoms with Crippen molar-refractivity contribution in [2.45, 2.75) is 95.6 Å². The zero-order valence-electron chi connectivity index (χ0n) is 15.4. The molecule has 0 aliphatic carbocycles. The lowest BCUT2D eigenvalue weighted by molar-refractivity contribution is -0.284. The van der Waals surface area contributed by atoms with Crippen LogP contribution in [0.4, 0.5) is 22.0 Å². The molecular weight excluding hydrogens is 375 g/mol. The van der Waals surface area contributed by atoms with Crippen LogP contribution < -0.4 is 0 Å². The van der Waals surface area contributed by atoms with E-state index in [2.05, 4.69) is 0 Å². The number of hydrogen-bond acceptors (Lipinski definition) is 1. The molecule has 0 aromatic carbocycles. The minimum absolute atomic E-state index is 0.0187. The Morgan fingerprint density at radius 1 is 0.615 bits per heavy atom. The van der Waals surface area contributed by atoms with Gasteiger partial charge in [0, 0.05) is 6.42 Å². The molecule has 0 spiro atoms. The van der Waals surface area contributed by atoms with E-state index in [0.29, 0.717) is 5.75 Å². The molecule has 0 aliphatic rings. The lowest BCUT2D eigenvalue weighted by Gasteiger charge is -2.19. The summed E-state index contributed by atoms with van der Waals surface area (Å²) >= 11 is -1.32. The van der Waals surface area contributed by atoms with Crippen LogP contribution in [0.15, 0.2) is 0 Å². The third-order valence-electron chi connectivity index (χ3n) is 4.29. The highest BCUT2D eigenvalue weighted by Crippen LogP contribution is 2.38. The lowest BCUT2D eigenvalue weighted by Crippen LogP contribution is -2.36. The maximum absolute atomic E-state index is 12.7. The van der Waals surface area contributed by atoms with Gasteiger partial charge in [0.05, 0.1) is 6.61 Å². The van der Waals surface area contributed by atoms with Gasteiger partial charge in [-0.25, -0.2) is 5.11 Å². The highest BCUT2D eigenvalue weighted by atomic mass is 32.2. The van der Waals surface area contributed by atoms with Gasteiger partial charge in [-0.15, -0.1) is 0 Å². The zero-order valence-corrected chi connectivity index (χ0v) is 16.2. The molecule has 157 valence electrons. The Bertz CT molecular complexity index is 327. The molecular formula is C18H32F5O2S. The van der Waals surface area contributed by atoms with Crippen LogP contribution in [-0.4, -0.2) is 34.8 Å². The second kappa shape index (κ2) is 14.9. The van der Waals surface area contributed by atoms with Crippen LogP contribution in [-0.2, 0) is 16.3 Å². The molecule has 0 aromatic rings. The molecule has 26 heavy (non-hydrogen) atoms. The fourth-order valence-corrected chi connectivity index (χ4v) is 3.85. The minimum atomic E-state index is -5.52. The van der Waals surface area contributed by atoms with Crippen LogP contribution >= 0.6 is 0 Å². The molecule has 0 saturated carbocycles. The summed E-state index contributed by atoms with van der Waals surface area (Å²) in [5.41, 5.74) is 0. The normalized spacial score (nSPS) is 14.0. The summed E-state index contributed by atoms with van der Waals surface area (Å²) in [5, 5.41) is 10.3. The van der Waals surface area contributed by atoms with Gasteiger partial charge in [0.2, 0.25) is 0 Å². The molecule has 0 fully saturated rings. The van der Waals surface area contributed by atoms with Crippen LogP contribution in [0.5, 0.6) is 0 Å². The molecule has 0 heterocycles. The number of alkyl halides is 5. The number of rotatable bonds is 17. The highest BCUT2D eigenvalue weighted by Gasteiger charge is 2.56. The van der Waals surface area contributed by atoms with Gasteiger partial charge in [-0.3, -0.25) is 0 Å². The van der Waals surface area contributed by atoms with Crippen molar-refractivity contribution in [2.75, 3.05) is 18.1 Å². The van der Waals surface area contributed by atoms with Gasteiger partial charge in [0.25, 0.3) is 0 Å². The quantitative estimate of drug-likeness (QED) is 0.156. The molecule has 8 heteroatoms. The number of hydrogen-bond donors (Lipinski definition) is 0. The third kappa shape index (κ3) is 14.0. The Morgan fingerprint density at radius 3 is 1.42 bits per heavy atom. The van der Waals surface area contributed by atoms with Gasteiger partial charge < -0.3 is 4.55 Å². The van der Waals surface area contributed by atoms with Crippen molar-refractivity contribution < 1.29 is 31.6 Å². The van der Waals surface area contributed by atoms with E-state index in [4.69, 9.17) is 0 Å². The summed E-state index contributed by atoms with van der Waals surface area (Å²) in [6, 6.07) is 0. The van der Waals surface area contributed by atoms with Crippen LogP contribution in [0, 0.1) is 0 Å². The van der Waals surface area contributed by atoms with Gasteiger partial charge >= 0.3 is 12.1 Å². The first-order valence-electron chi connectivity index (χ1n) is 9.58. The van der Waals surface area contributed by atoms with E-state index in [0.717, 1.165) is 51.4 Å². The molecule has 0 aromatic heterocycles. The second-order valence-corrected chi connectivity index (χ2v) is 8.44. The van der Waals surface area contributed by atoms with Crippen LogP contribution in [0.1, 0.15) is 83.5 Å². The Balaban J connectivity index is 3.40. The van der Waals surface area contributed by atoms with E-state index < -0.39 is 29.7 Å². The topological polar surface area (TPSA) is 43.0 Å². The molecule has 2 nitrogen and oxygen atoms in total. The van der Waals surface area contributed by atoms with E-state index in [1.165, 1.54) is 19.3 Å². The summed E-state index contributed by atoms with van der Waals surface area (Å²) in [5.74, 6) is -4.41. The summed E-state index contributed by atoms with van der Waals surface area (Å²) in [7, 11) is 0. The van der Waals surface area contributed by atoms with Crippen LogP contribution in [0.25, 0.3) is 0 Å². The zero-order chi connectivity index (χ0) is 19.9. The number of halogens is 5. The second-order valence-electron chi connectivity index (χ2n) is 6.75. The summed E-state index contributed by atoms with van der Waals surface area (Å²) in [4.78, 5) is 0. The largest absolute Gasteiger partial charge is 0.616 e. The Kier molecular flexibility index (Phi) is 14.9. The summed E-state index contributed by atoms with van der Waals surface area (Å²) in [6.07, 6.45) is 4.17. The predicted molar refractivity (Wildman–Crippen MR) is 94.5 cm³/mol. The van der Waals surface area contributed by atoms with Crippen molar-refractivity contribution in [1.82, 2.24) is 0 Å². The summed E-state index contributed by atoms with van der Waals surface area (Å²) in [6.45, 7) is 0.0187. The molecule has 0 amide bonds. The van der Waals surface area contributed by atoms with Crippen molar-refractivity contribution >= 4 is 11.2 Å². The van der Waals surface area contributed by atoms with Gasteiger partial charge in [0.15, 0.2) is 0 Å². The van der Waals surface area contributed by atoms with Crippen LogP contribution in [0.2, 0.25) is 0 Å². The maximum Gasteiger partial charge on any atom is 0.453 e. The van der Waals surface area contributed by atoms with Crippen molar-refractivity contribution in [1.29, 1.82) is 0 Å². The van der Waals surface area contributed by atoms with E-state index >= 15 is 0 Å². The van der Waals surface area contributed by atoms with Crippen molar-refractivity contribution in [2.24, 2.45) is 0 Å². The predicted octanol–water partition coefficient (Wildman–Crippen LogP) is 6.43. The minimum Gasteiger partial charge on any atom is -0.616 e. The van der Waals surface area contributed by atoms with Crippen molar-refractivity contribution in [3.63, 3.8) is 0 Å².